The molecule has 0 radical (unpaired) electrons. The Morgan fingerprint density at radius 3 is 2.53 bits per heavy atom. The van der Waals surface area contributed by atoms with E-state index in [1.807, 2.05) is 42.7 Å². The van der Waals surface area contributed by atoms with Crippen LogP contribution < -0.4 is 0 Å². The van der Waals surface area contributed by atoms with Gasteiger partial charge in [0.15, 0.2) is 5.69 Å². The molecule has 0 bridgehead atoms. The maximum atomic E-state index is 13.4. The van der Waals surface area contributed by atoms with Gasteiger partial charge in [-0.05, 0) is 76.0 Å². The van der Waals surface area contributed by atoms with Gasteiger partial charge in [-0.3, -0.25) is 14.3 Å². The number of nitriles is 1. The second-order valence-electron chi connectivity index (χ2n) is 10.5. The van der Waals surface area contributed by atoms with Crippen molar-refractivity contribution < 1.29 is 14.3 Å². The normalized spacial score (nSPS) is 22.4. The van der Waals surface area contributed by atoms with Crippen LogP contribution in [0.5, 0.6) is 0 Å². The van der Waals surface area contributed by atoms with Gasteiger partial charge in [0.25, 0.3) is 5.91 Å². The minimum atomic E-state index is -0.0443. The number of fused-ring (bicyclic) bond motifs is 1. The molecule has 0 N–H and O–H groups in total. The van der Waals surface area contributed by atoms with Crippen LogP contribution in [0, 0.1) is 18.3 Å². The largest absolute Gasteiger partial charge is 0.372 e. The molecule has 0 spiro atoms. The Morgan fingerprint density at radius 1 is 1.11 bits per heavy atom. The van der Waals surface area contributed by atoms with Crippen LogP contribution in [0.3, 0.4) is 0 Å². The van der Waals surface area contributed by atoms with Gasteiger partial charge in [0.1, 0.15) is 6.54 Å². The first-order valence-corrected chi connectivity index (χ1v) is 13.2. The lowest BCUT2D eigenvalue weighted by Crippen LogP contribution is -2.48. The van der Waals surface area contributed by atoms with E-state index in [0.29, 0.717) is 37.8 Å². The molecule has 1 aliphatic carbocycles. The molecular weight excluding hydrogens is 454 g/mol. The van der Waals surface area contributed by atoms with Crippen LogP contribution in [0.1, 0.15) is 77.5 Å². The number of nitrogens with zero attached hydrogens (tertiary/aromatic N) is 5. The maximum absolute atomic E-state index is 13.4. The highest BCUT2D eigenvalue weighted by atomic mass is 16.5. The summed E-state index contributed by atoms with van der Waals surface area (Å²) in [6.45, 7) is 8.69. The van der Waals surface area contributed by atoms with Crippen molar-refractivity contribution in [2.45, 2.75) is 77.5 Å². The van der Waals surface area contributed by atoms with Crippen LogP contribution >= 0.6 is 0 Å². The number of hydrogen-bond donors (Lipinski definition) is 0. The monoisotopic (exact) mass is 489 g/mol. The van der Waals surface area contributed by atoms with Gasteiger partial charge in [0.05, 0.1) is 23.8 Å². The van der Waals surface area contributed by atoms with E-state index in [1.54, 1.807) is 4.68 Å². The van der Waals surface area contributed by atoms with Crippen LogP contribution in [0.2, 0.25) is 0 Å². The van der Waals surface area contributed by atoms with Crippen molar-refractivity contribution in [1.82, 2.24) is 19.6 Å². The van der Waals surface area contributed by atoms with Crippen LogP contribution in [-0.4, -0.2) is 69.8 Å². The summed E-state index contributed by atoms with van der Waals surface area (Å²) in [5.41, 5.74) is 5.58. The molecular formula is C28H35N5O3. The lowest BCUT2D eigenvalue weighted by atomic mass is 9.85. The highest BCUT2D eigenvalue weighted by molar-refractivity contribution is 5.94. The smallest absolute Gasteiger partial charge is 0.274 e. The number of aromatic nitrogens is 2. The fraction of sp³-hybridized carbons (Fsp3) is 0.571. The summed E-state index contributed by atoms with van der Waals surface area (Å²) in [6.07, 6.45) is 4.46. The van der Waals surface area contributed by atoms with Crippen molar-refractivity contribution in [3.8, 4) is 6.07 Å². The van der Waals surface area contributed by atoms with E-state index in [2.05, 4.69) is 12.1 Å². The molecule has 2 amide bonds. The van der Waals surface area contributed by atoms with Gasteiger partial charge in [-0.1, -0.05) is 12.1 Å². The molecule has 8 nitrogen and oxygen atoms in total. The first kappa shape index (κ1) is 24.5. The Hall–Kier alpha value is -3.18. The molecule has 2 aliphatic heterocycles. The van der Waals surface area contributed by atoms with E-state index in [1.165, 1.54) is 5.56 Å². The summed E-state index contributed by atoms with van der Waals surface area (Å²) in [6, 6.07) is 8.20. The SMILES string of the molecule is Cc1c(C#N)cccc1C1CCN(C(=O)Cn2nc(C(=O)N3C[C@@H](C)O[C@@H](C)C3)c3c2CCC3)CC1. The number of carbonyl (C=O) groups excluding carboxylic acids is 2. The third-order valence-electron chi connectivity index (χ3n) is 7.98. The van der Waals surface area contributed by atoms with Gasteiger partial charge in [0, 0.05) is 37.4 Å². The van der Waals surface area contributed by atoms with Gasteiger partial charge >= 0.3 is 0 Å². The minimum absolute atomic E-state index is 0.00324. The zero-order chi connectivity index (χ0) is 25.4. The van der Waals surface area contributed by atoms with Crippen molar-refractivity contribution >= 4 is 11.8 Å². The van der Waals surface area contributed by atoms with E-state index in [0.717, 1.165) is 54.5 Å². The predicted molar refractivity (Wildman–Crippen MR) is 135 cm³/mol. The van der Waals surface area contributed by atoms with Gasteiger partial charge in [-0.25, -0.2) is 0 Å². The minimum Gasteiger partial charge on any atom is -0.372 e. The molecule has 2 fully saturated rings. The summed E-state index contributed by atoms with van der Waals surface area (Å²) in [5.74, 6) is 0.372. The molecule has 5 rings (SSSR count). The number of ether oxygens (including phenoxy) is 1. The van der Waals surface area contributed by atoms with Gasteiger partial charge in [-0.15, -0.1) is 0 Å². The van der Waals surface area contributed by atoms with Gasteiger partial charge in [-0.2, -0.15) is 10.4 Å². The molecule has 190 valence electrons. The molecule has 2 aromatic rings. The molecule has 2 atom stereocenters. The third-order valence-corrected chi connectivity index (χ3v) is 7.98. The topological polar surface area (TPSA) is 91.5 Å². The highest BCUT2D eigenvalue weighted by Gasteiger charge is 2.34. The molecule has 1 aromatic heterocycles. The summed E-state index contributed by atoms with van der Waals surface area (Å²) in [4.78, 5) is 30.4. The van der Waals surface area contributed by atoms with Crippen molar-refractivity contribution in [3.63, 3.8) is 0 Å². The van der Waals surface area contributed by atoms with Crippen molar-refractivity contribution in [2.24, 2.45) is 0 Å². The third kappa shape index (κ3) is 4.64. The highest BCUT2D eigenvalue weighted by Crippen LogP contribution is 2.32. The van der Waals surface area contributed by atoms with Crippen molar-refractivity contribution in [3.05, 3.63) is 51.8 Å². The average Bonchev–Trinajstić information content (AvgIpc) is 3.47. The number of morpholine rings is 1. The first-order chi connectivity index (χ1) is 17.4. The Balaban J connectivity index is 1.26. The number of amides is 2. The van der Waals surface area contributed by atoms with E-state index in [4.69, 9.17) is 9.84 Å². The quantitative estimate of drug-likeness (QED) is 0.658. The fourth-order valence-corrected chi connectivity index (χ4v) is 6.19. The molecule has 3 heterocycles. The number of hydrogen-bond acceptors (Lipinski definition) is 5. The standard InChI is InChI=1S/C28H35N5O3/c1-18-15-32(16-19(2)36-18)28(35)27-24-8-5-9-25(24)33(30-27)17-26(34)31-12-10-21(11-13-31)23-7-4-6-22(14-29)20(23)3/h4,6-7,18-19,21H,5,8-13,15-17H2,1-3H3/t18-,19+. The molecule has 8 heteroatoms. The Bertz CT molecular complexity index is 1190. The molecule has 1 aromatic carbocycles. The van der Waals surface area contributed by atoms with E-state index in [-0.39, 0.29) is 30.6 Å². The number of carbonyl (C=O) groups is 2. The Kier molecular flexibility index (Phi) is 6.85. The lowest BCUT2D eigenvalue weighted by molar-refractivity contribution is -0.133. The van der Waals surface area contributed by atoms with Gasteiger partial charge < -0.3 is 14.5 Å². The number of rotatable bonds is 4. The van der Waals surface area contributed by atoms with E-state index >= 15 is 0 Å². The zero-order valence-corrected chi connectivity index (χ0v) is 21.5. The van der Waals surface area contributed by atoms with Crippen molar-refractivity contribution in [2.75, 3.05) is 26.2 Å². The van der Waals surface area contributed by atoms with Gasteiger partial charge in [0.2, 0.25) is 5.91 Å². The molecule has 2 saturated heterocycles. The van der Waals surface area contributed by atoms with Crippen LogP contribution in [-0.2, 0) is 28.9 Å². The summed E-state index contributed by atoms with van der Waals surface area (Å²) in [5, 5.41) is 14.0. The van der Waals surface area contributed by atoms with Crippen molar-refractivity contribution in [1.29, 1.82) is 5.26 Å². The molecule has 3 aliphatic rings. The van der Waals surface area contributed by atoms with Crippen LogP contribution in [0.15, 0.2) is 18.2 Å². The summed E-state index contributed by atoms with van der Waals surface area (Å²) < 4.78 is 7.58. The fourth-order valence-electron chi connectivity index (χ4n) is 6.19. The predicted octanol–water partition coefficient (Wildman–Crippen LogP) is 3.21. The molecule has 0 saturated carbocycles. The van der Waals surface area contributed by atoms with Crippen LogP contribution in [0.4, 0.5) is 0 Å². The molecule has 0 unspecified atom stereocenters. The molecule has 36 heavy (non-hydrogen) atoms. The second-order valence-corrected chi connectivity index (χ2v) is 10.5. The lowest BCUT2D eigenvalue weighted by Gasteiger charge is -2.35. The zero-order valence-electron chi connectivity index (χ0n) is 21.5. The number of likely N-dealkylation sites (tertiary alicyclic amines) is 1. The summed E-state index contributed by atoms with van der Waals surface area (Å²) in [7, 11) is 0. The number of piperidine rings is 1. The Morgan fingerprint density at radius 2 is 1.83 bits per heavy atom. The number of benzene rings is 1. The second kappa shape index (κ2) is 10.1. The van der Waals surface area contributed by atoms with Crippen LogP contribution in [0.25, 0.3) is 0 Å². The maximum Gasteiger partial charge on any atom is 0.274 e. The van der Waals surface area contributed by atoms with E-state index < -0.39 is 0 Å². The Labute approximate surface area is 212 Å². The summed E-state index contributed by atoms with van der Waals surface area (Å²) >= 11 is 0. The van der Waals surface area contributed by atoms with E-state index in [9.17, 15) is 14.9 Å². The first-order valence-electron chi connectivity index (χ1n) is 13.2. The average molecular weight is 490 g/mol.